The van der Waals surface area contributed by atoms with Crippen molar-refractivity contribution in [3.8, 4) is 0 Å². The SMILES string of the molecule is CN1CCN(CCNc2ccnc(N)c2)CC1. The number of nitrogens with zero attached hydrogens (tertiary/aromatic N) is 3. The lowest BCUT2D eigenvalue weighted by Crippen LogP contribution is -2.45. The van der Waals surface area contributed by atoms with Crippen LogP contribution in [-0.4, -0.2) is 61.1 Å². The van der Waals surface area contributed by atoms with E-state index in [4.69, 9.17) is 5.73 Å². The zero-order chi connectivity index (χ0) is 12.1. The van der Waals surface area contributed by atoms with Gasteiger partial charge in [-0.15, -0.1) is 0 Å². The minimum atomic E-state index is 0.564. The van der Waals surface area contributed by atoms with Gasteiger partial charge in [0.05, 0.1) is 0 Å². The van der Waals surface area contributed by atoms with E-state index in [-0.39, 0.29) is 0 Å². The van der Waals surface area contributed by atoms with Crippen LogP contribution >= 0.6 is 0 Å². The molecule has 1 aromatic rings. The number of anilines is 2. The van der Waals surface area contributed by atoms with Gasteiger partial charge in [-0.1, -0.05) is 0 Å². The van der Waals surface area contributed by atoms with Crippen molar-refractivity contribution in [2.24, 2.45) is 0 Å². The molecule has 5 heteroatoms. The van der Waals surface area contributed by atoms with E-state index in [0.29, 0.717) is 5.82 Å². The van der Waals surface area contributed by atoms with Gasteiger partial charge in [0.2, 0.25) is 0 Å². The largest absolute Gasteiger partial charge is 0.384 e. The van der Waals surface area contributed by atoms with Crippen LogP contribution < -0.4 is 11.1 Å². The summed E-state index contributed by atoms with van der Waals surface area (Å²) in [6.07, 6.45) is 1.73. The third kappa shape index (κ3) is 3.87. The third-order valence-corrected chi connectivity index (χ3v) is 3.13. The number of nitrogens with one attached hydrogen (secondary N) is 1. The Balaban J connectivity index is 1.69. The highest BCUT2D eigenvalue weighted by molar-refractivity contribution is 5.49. The van der Waals surface area contributed by atoms with E-state index in [2.05, 4.69) is 27.1 Å². The van der Waals surface area contributed by atoms with Gasteiger partial charge in [-0.25, -0.2) is 4.98 Å². The molecule has 94 valence electrons. The van der Waals surface area contributed by atoms with E-state index in [1.54, 1.807) is 6.20 Å². The second-order valence-electron chi connectivity index (χ2n) is 4.54. The maximum absolute atomic E-state index is 5.62. The van der Waals surface area contributed by atoms with Crippen LogP contribution in [0.3, 0.4) is 0 Å². The molecule has 1 aliphatic rings. The normalized spacial score (nSPS) is 18.2. The highest BCUT2D eigenvalue weighted by Crippen LogP contribution is 2.08. The molecular weight excluding hydrogens is 214 g/mol. The number of hydrogen-bond donors (Lipinski definition) is 2. The molecule has 0 unspecified atom stereocenters. The monoisotopic (exact) mass is 235 g/mol. The molecule has 1 aliphatic heterocycles. The molecule has 2 heterocycles. The molecule has 0 aromatic carbocycles. The quantitative estimate of drug-likeness (QED) is 0.787. The molecule has 0 radical (unpaired) electrons. The molecule has 0 aliphatic carbocycles. The predicted octanol–water partition coefficient (Wildman–Crippen LogP) is 0.323. The van der Waals surface area contributed by atoms with Crippen molar-refractivity contribution < 1.29 is 0 Å². The van der Waals surface area contributed by atoms with Crippen LogP contribution in [0.25, 0.3) is 0 Å². The Kier molecular flexibility index (Phi) is 4.17. The van der Waals surface area contributed by atoms with Crippen molar-refractivity contribution in [3.05, 3.63) is 18.3 Å². The van der Waals surface area contributed by atoms with E-state index >= 15 is 0 Å². The van der Waals surface area contributed by atoms with Gasteiger partial charge < -0.3 is 16.0 Å². The van der Waals surface area contributed by atoms with Gasteiger partial charge in [0, 0.05) is 57.2 Å². The Morgan fingerprint density at radius 2 is 2.12 bits per heavy atom. The van der Waals surface area contributed by atoms with Crippen molar-refractivity contribution >= 4 is 11.5 Å². The van der Waals surface area contributed by atoms with E-state index < -0.39 is 0 Å². The first-order chi connectivity index (χ1) is 8.24. The molecule has 0 saturated carbocycles. The summed E-state index contributed by atoms with van der Waals surface area (Å²) < 4.78 is 0. The van der Waals surface area contributed by atoms with Crippen LogP contribution in [0.5, 0.6) is 0 Å². The minimum Gasteiger partial charge on any atom is -0.384 e. The zero-order valence-electron chi connectivity index (χ0n) is 10.4. The van der Waals surface area contributed by atoms with Crippen molar-refractivity contribution in [2.45, 2.75) is 0 Å². The van der Waals surface area contributed by atoms with Crippen LogP contribution in [0, 0.1) is 0 Å². The number of pyridine rings is 1. The van der Waals surface area contributed by atoms with E-state index in [0.717, 1.165) is 31.9 Å². The van der Waals surface area contributed by atoms with Crippen LogP contribution in [0.2, 0.25) is 0 Å². The molecule has 1 fully saturated rings. The number of nitrogen functional groups attached to an aromatic ring is 1. The van der Waals surface area contributed by atoms with Crippen molar-refractivity contribution in [3.63, 3.8) is 0 Å². The molecule has 17 heavy (non-hydrogen) atoms. The van der Waals surface area contributed by atoms with Gasteiger partial charge in [-0.3, -0.25) is 4.90 Å². The molecule has 1 saturated heterocycles. The molecule has 3 N–H and O–H groups in total. The lowest BCUT2D eigenvalue weighted by Gasteiger charge is -2.32. The van der Waals surface area contributed by atoms with Gasteiger partial charge in [0.25, 0.3) is 0 Å². The Bertz CT molecular complexity index is 347. The molecule has 1 aromatic heterocycles. The van der Waals surface area contributed by atoms with Crippen molar-refractivity contribution in [1.29, 1.82) is 0 Å². The first-order valence-corrected chi connectivity index (χ1v) is 6.10. The van der Waals surface area contributed by atoms with Gasteiger partial charge in [0.15, 0.2) is 0 Å². The zero-order valence-corrected chi connectivity index (χ0v) is 10.4. The summed E-state index contributed by atoms with van der Waals surface area (Å²) >= 11 is 0. The standard InChI is InChI=1S/C12H21N5/c1-16-6-8-17(9-7-16)5-4-14-11-2-3-15-12(13)10-11/h2-3,10H,4-9H2,1H3,(H3,13,14,15). The highest BCUT2D eigenvalue weighted by atomic mass is 15.2. The lowest BCUT2D eigenvalue weighted by molar-refractivity contribution is 0.158. The number of piperazine rings is 1. The fourth-order valence-corrected chi connectivity index (χ4v) is 1.99. The van der Waals surface area contributed by atoms with Gasteiger partial charge in [-0.05, 0) is 13.1 Å². The average molecular weight is 235 g/mol. The van der Waals surface area contributed by atoms with E-state index in [1.165, 1.54) is 13.1 Å². The van der Waals surface area contributed by atoms with Crippen LogP contribution in [0.1, 0.15) is 0 Å². The molecule has 0 spiro atoms. The summed E-state index contributed by atoms with van der Waals surface area (Å²) in [6.45, 7) is 6.70. The maximum Gasteiger partial charge on any atom is 0.125 e. The van der Waals surface area contributed by atoms with Crippen LogP contribution in [0.4, 0.5) is 11.5 Å². The summed E-state index contributed by atoms with van der Waals surface area (Å²) in [6, 6.07) is 3.81. The summed E-state index contributed by atoms with van der Waals surface area (Å²) in [4.78, 5) is 8.82. The number of aromatic nitrogens is 1. The summed E-state index contributed by atoms with van der Waals surface area (Å²) in [5, 5.41) is 3.37. The fourth-order valence-electron chi connectivity index (χ4n) is 1.99. The summed E-state index contributed by atoms with van der Waals surface area (Å²) in [5.74, 6) is 0.564. The fraction of sp³-hybridized carbons (Fsp3) is 0.583. The van der Waals surface area contributed by atoms with Gasteiger partial charge >= 0.3 is 0 Å². The number of rotatable bonds is 4. The van der Waals surface area contributed by atoms with E-state index in [9.17, 15) is 0 Å². The van der Waals surface area contributed by atoms with Gasteiger partial charge in [-0.2, -0.15) is 0 Å². The molecular formula is C12H21N5. The lowest BCUT2D eigenvalue weighted by atomic mass is 10.3. The predicted molar refractivity (Wildman–Crippen MR) is 71.1 cm³/mol. The maximum atomic E-state index is 5.62. The minimum absolute atomic E-state index is 0.564. The second-order valence-corrected chi connectivity index (χ2v) is 4.54. The first kappa shape index (κ1) is 12.1. The first-order valence-electron chi connectivity index (χ1n) is 6.10. The second kappa shape index (κ2) is 5.84. The summed E-state index contributed by atoms with van der Waals surface area (Å²) in [7, 11) is 2.18. The molecule has 2 rings (SSSR count). The molecule has 0 bridgehead atoms. The number of likely N-dealkylation sites (N-methyl/N-ethyl adjacent to an activating group) is 1. The van der Waals surface area contributed by atoms with Crippen molar-refractivity contribution in [2.75, 3.05) is 57.4 Å². The summed E-state index contributed by atoms with van der Waals surface area (Å²) in [5.41, 5.74) is 6.67. The number of hydrogen-bond acceptors (Lipinski definition) is 5. The Morgan fingerprint density at radius 1 is 1.35 bits per heavy atom. The molecule has 0 amide bonds. The smallest absolute Gasteiger partial charge is 0.125 e. The topological polar surface area (TPSA) is 57.4 Å². The molecule has 5 nitrogen and oxygen atoms in total. The molecule has 0 atom stereocenters. The third-order valence-electron chi connectivity index (χ3n) is 3.13. The van der Waals surface area contributed by atoms with E-state index in [1.807, 2.05) is 12.1 Å². The highest BCUT2D eigenvalue weighted by Gasteiger charge is 2.12. The van der Waals surface area contributed by atoms with Gasteiger partial charge in [0.1, 0.15) is 5.82 Å². The number of nitrogens with two attached hydrogens (primary N) is 1. The van der Waals surface area contributed by atoms with Crippen molar-refractivity contribution in [1.82, 2.24) is 14.8 Å². The Morgan fingerprint density at radius 3 is 2.82 bits per heavy atom. The average Bonchev–Trinajstić information content (AvgIpc) is 2.32. The van der Waals surface area contributed by atoms with Crippen LogP contribution in [0.15, 0.2) is 18.3 Å². The Labute approximate surface area is 103 Å². The Hall–Kier alpha value is -1.33. The van der Waals surface area contributed by atoms with Crippen LogP contribution in [-0.2, 0) is 0 Å².